The van der Waals surface area contributed by atoms with Gasteiger partial charge in [-0.15, -0.1) is 10.2 Å². The molecule has 1 aromatic heterocycles. The first-order chi connectivity index (χ1) is 14.5. The summed E-state index contributed by atoms with van der Waals surface area (Å²) < 4.78 is 7.11. The van der Waals surface area contributed by atoms with Gasteiger partial charge in [-0.25, -0.2) is 0 Å². The predicted octanol–water partition coefficient (Wildman–Crippen LogP) is 4.11. The number of carbonyl (C=O) groups is 1. The number of benzene rings is 2. The summed E-state index contributed by atoms with van der Waals surface area (Å²) in [7, 11) is 3.55. The first kappa shape index (κ1) is 21.9. The summed E-state index contributed by atoms with van der Waals surface area (Å²) in [6, 6.07) is 18.1. The molecule has 30 heavy (non-hydrogen) atoms. The topological polar surface area (TPSA) is 69.0 Å². The summed E-state index contributed by atoms with van der Waals surface area (Å²) in [5.74, 6) is 1.56. The largest absolute Gasteiger partial charge is 0.497 e. The zero-order valence-corrected chi connectivity index (χ0v) is 18.6. The molecule has 3 rings (SSSR count). The molecule has 7 heteroatoms. The van der Waals surface area contributed by atoms with Crippen LogP contribution in [0.1, 0.15) is 25.8 Å². The van der Waals surface area contributed by atoms with E-state index in [1.165, 1.54) is 17.3 Å². The summed E-state index contributed by atoms with van der Waals surface area (Å²) in [5.41, 5.74) is 2.23. The SMILES string of the molecule is COc1ccc(-c2nnc(S[C@@H](C)C(=O)N[C@H](C)CCc3ccccc3)n2C)cc1. The Morgan fingerprint density at radius 2 is 1.80 bits per heavy atom. The van der Waals surface area contributed by atoms with Crippen molar-refractivity contribution in [2.75, 3.05) is 7.11 Å². The van der Waals surface area contributed by atoms with Gasteiger partial charge in [0.1, 0.15) is 5.75 Å². The number of amides is 1. The molecule has 0 saturated heterocycles. The minimum absolute atomic E-state index is 0.00885. The van der Waals surface area contributed by atoms with Gasteiger partial charge in [-0.05, 0) is 56.5 Å². The van der Waals surface area contributed by atoms with Crippen LogP contribution in [0.2, 0.25) is 0 Å². The molecule has 0 aliphatic carbocycles. The van der Waals surface area contributed by atoms with Gasteiger partial charge in [-0.1, -0.05) is 42.1 Å². The van der Waals surface area contributed by atoms with Crippen LogP contribution in [-0.4, -0.2) is 39.1 Å². The van der Waals surface area contributed by atoms with E-state index < -0.39 is 0 Å². The number of ether oxygens (including phenoxy) is 1. The van der Waals surface area contributed by atoms with Crippen molar-refractivity contribution in [1.82, 2.24) is 20.1 Å². The van der Waals surface area contributed by atoms with Gasteiger partial charge in [0, 0.05) is 18.7 Å². The summed E-state index contributed by atoms with van der Waals surface area (Å²) in [6.45, 7) is 3.94. The highest BCUT2D eigenvalue weighted by molar-refractivity contribution is 8.00. The van der Waals surface area contributed by atoms with E-state index >= 15 is 0 Å². The zero-order chi connectivity index (χ0) is 21.5. The number of rotatable bonds is 9. The molecule has 1 heterocycles. The van der Waals surface area contributed by atoms with E-state index in [9.17, 15) is 4.79 Å². The van der Waals surface area contributed by atoms with Gasteiger partial charge in [-0.2, -0.15) is 0 Å². The third-order valence-electron chi connectivity index (χ3n) is 4.93. The molecular weight excluding hydrogens is 396 g/mol. The molecule has 6 nitrogen and oxygen atoms in total. The van der Waals surface area contributed by atoms with Gasteiger partial charge in [-0.3, -0.25) is 4.79 Å². The van der Waals surface area contributed by atoms with E-state index in [0.29, 0.717) is 5.16 Å². The molecule has 158 valence electrons. The van der Waals surface area contributed by atoms with Crippen LogP contribution in [-0.2, 0) is 18.3 Å². The first-order valence-electron chi connectivity index (χ1n) is 10.0. The highest BCUT2D eigenvalue weighted by Gasteiger charge is 2.20. The van der Waals surface area contributed by atoms with Crippen molar-refractivity contribution in [2.24, 2.45) is 7.05 Å². The summed E-state index contributed by atoms with van der Waals surface area (Å²) in [5, 5.41) is 12.1. The third kappa shape index (κ3) is 5.63. The molecule has 1 N–H and O–H groups in total. The molecule has 0 aliphatic rings. The number of nitrogens with one attached hydrogen (secondary N) is 1. The van der Waals surface area contributed by atoms with E-state index in [2.05, 4.69) is 27.6 Å². The molecule has 0 bridgehead atoms. The molecule has 1 amide bonds. The van der Waals surface area contributed by atoms with Crippen molar-refractivity contribution in [3.8, 4) is 17.1 Å². The van der Waals surface area contributed by atoms with Crippen LogP contribution in [0.15, 0.2) is 59.8 Å². The molecule has 2 aromatic carbocycles. The van der Waals surface area contributed by atoms with Crippen molar-refractivity contribution in [1.29, 1.82) is 0 Å². The van der Waals surface area contributed by atoms with E-state index in [1.54, 1.807) is 7.11 Å². The van der Waals surface area contributed by atoms with Crippen molar-refractivity contribution in [3.63, 3.8) is 0 Å². The summed E-state index contributed by atoms with van der Waals surface area (Å²) >= 11 is 1.41. The van der Waals surface area contributed by atoms with Crippen LogP contribution in [0, 0.1) is 0 Å². The molecular formula is C23H28N4O2S. The Kier molecular flexibility index (Phi) is 7.52. The zero-order valence-electron chi connectivity index (χ0n) is 17.8. The lowest BCUT2D eigenvalue weighted by Crippen LogP contribution is -2.38. The quantitative estimate of drug-likeness (QED) is 0.524. The highest BCUT2D eigenvalue weighted by Crippen LogP contribution is 2.26. The smallest absolute Gasteiger partial charge is 0.233 e. The van der Waals surface area contributed by atoms with Crippen LogP contribution in [0.3, 0.4) is 0 Å². The number of hydrogen-bond acceptors (Lipinski definition) is 5. The van der Waals surface area contributed by atoms with Gasteiger partial charge in [0.25, 0.3) is 0 Å². The Labute approximate surface area is 182 Å². The number of aromatic nitrogens is 3. The van der Waals surface area contributed by atoms with Crippen molar-refractivity contribution in [3.05, 3.63) is 60.2 Å². The number of hydrogen-bond donors (Lipinski definition) is 1. The fraction of sp³-hybridized carbons (Fsp3) is 0.348. The van der Waals surface area contributed by atoms with Crippen LogP contribution in [0.25, 0.3) is 11.4 Å². The molecule has 0 radical (unpaired) electrons. The van der Waals surface area contributed by atoms with E-state index in [4.69, 9.17) is 4.74 Å². The molecule has 0 fully saturated rings. The van der Waals surface area contributed by atoms with Crippen molar-refractivity contribution < 1.29 is 9.53 Å². The van der Waals surface area contributed by atoms with E-state index in [-0.39, 0.29) is 17.2 Å². The third-order valence-corrected chi connectivity index (χ3v) is 6.07. The lowest BCUT2D eigenvalue weighted by atomic mass is 10.1. The first-order valence-corrected chi connectivity index (χ1v) is 10.9. The Bertz CT molecular complexity index is 957. The van der Waals surface area contributed by atoms with E-state index in [1.807, 2.05) is 67.9 Å². The van der Waals surface area contributed by atoms with Crippen molar-refractivity contribution >= 4 is 17.7 Å². The fourth-order valence-corrected chi connectivity index (χ4v) is 3.90. The summed E-state index contributed by atoms with van der Waals surface area (Å²) in [6.07, 6.45) is 1.84. The second kappa shape index (κ2) is 10.3. The highest BCUT2D eigenvalue weighted by atomic mass is 32.2. The molecule has 0 spiro atoms. The van der Waals surface area contributed by atoms with Crippen LogP contribution >= 0.6 is 11.8 Å². The van der Waals surface area contributed by atoms with Crippen LogP contribution < -0.4 is 10.1 Å². The van der Waals surface area contributed by atoms with E-state index in [0.717, 1.165) is 30.0 Å². The predicted molar refractivity (Wildman–Crippen MR) is 121 cm³/mol. The normalized spacial score (nSPS) is 12.9. The molecule has 2 atom stereocenters. The fourth-order valence-electron chi connectivity index (χ4n) is 3.08. The number of aryl methyl sites for hydroxylation is 1. The van der Waals surface area contributed by atoms with Crippen LogP contribution in [0.4, 0.5) is 0 Å². The standard InChI is InChI=1S/C23H28N4O2S/c1-16(10-11-18-8-6-5-7-9-18)24-22(28)17(2)30-23-26-25-21(27(23)3)19-12-14-20(29-4)15-13-19/h5-9,12-17H,10-11H2,1-4H3,(H,24,28)/t16-,17+/m1/s1. The molecule has 0 aliphatic heterocycles. The molecule has 0 saturated carbocycles. The summed E-state index contributed by atoms with van der Waals surface area (Å²) in [4.78, 5) is 12.6. The molecule has 0 unspecified atom stereocenters. The van der Waals surface area contributed by atoms with Gasteiger partial charge >= 0.3 is 0 Å². The van der Waals surface area contributed by atoms with Crippen LogP contribution in [0.5, 0.6) is 5.75 Å². The Morgan fingerprint density at radius 3 is 2.47 bits per heavy atom. The minimum Gasteiger partial charge on any atom is -0.497 e. The monoisotopic (exact) mass is 424 g/mol. The van der Waals surface area contributed by atoms with Gasteiger partial charge in [0.2, 0.25) is 5.91 Å². The van der Waals surface area contributed by atoms with Gasteiger partial charge in [0.15, 0.2) is 11.0 Å². The van der Waals surface area contributed by atoms with Gasteiger partial charge < -0.3 is 14.6 Å². The Morgan fingerprint density at radius 1 is 1.10 bits per heavy atom. The number of thioether (sulfide) groups is 1. The Hall–Kier alpha value is -2.80. The number of carbonyl (C=O) groups excluding carboxylic acids is 1. The maximum absolute atomic E-state index is 12.6. The lowest BCUT2D eigenvalue weighted by molar-refractivity contribution is -0.120. The average molecular weight is 425 g/mol. The average Bonchev–Trinajstić information content (AvgIpc) is 3.13. The second-order valence-electron chi connectivity index (χ2n) is 7.29. The number of nitrogens with zero attached hydrogens (tertiary/aromatic N) is 3. The second-order valence-corrected chi connectivity index (χ2v) is 8.60. The lowest BCUT2D eigenvalue weighted by Gasteiger charge is -2.17. The number of methoxy groups -OCH3 is 1. The van der Waals surface area contributed by atoms with Gasteiger partial charge in [0.05, 0.1) is 12.4 Å². The maximum Gasteiger partial charge on any atom is 0.233 e. The Balaban J connectivity index is 1.55. The van der Waals surface area contributed by atoms with Crippen molar-refractivity contribution in [2.45, 2.75) is 43.1 Å². The molecule has 3 aromatic rings. The minimum atomic E-state index is -0.268. The maximum atomic E-state index is 12.6.